The first-order chi connectivity index (χ1) is 9.21. The van der Waals surface area contributed by atoms with Gasteiger partial charge in [0.1, 0.15) is 5.75 Å². The average molecular weight is 266 g/mol. The fourth-order valence-corrected chi connectivity index (χ4v) is 1.59. The van der Waals surface area contributed by atoms with Gasteiger partial charge in [0.25, 0.3) is 0 Å². The van der Waals surface area contributed by atoms with E-state index in [2.05, 4.69) is 5.32 Å². The van der Waals surface area contributed by atoms with Gasteiger partial charge in [-0.1, -0.05) is 13.0 Å². The number of rotatable bonds is 8. The molecule has 0 radical (unpaired) electrons. The van der Waals surface area contributed by atoms with Crippen LogP contribution in [-0.2, 0) is 16.1 Å². The van der Waals surface area contributed by atoms with Gasteiger partial charge in [-0.15, -0.1) is 0 Å². The monoisotopic (exact) mass is 266 g/mol. The van der Waals surface area contributed by atoms with Crippen LogP contribution in [0.4, 0.5) is 5.69 Å². The van der Waals surface area contributed by atoms with Crippen molar-refractivity contribution in [3.63, 3.8) is 0 Å². The van der Waals surface area contributed by atoms with Crippen LogP contribution in [0.3, 0.4) is 0 Å². The Morgan fingerprint density at radius 1 is 1.37 bits per heavy atom. The molecule has 0 fully saturated rings. The van der Waals surface area contributed by atoms with Crippen LogP contribution in [0.2, 0.25) is 0 Å². The van der Waals surface area contributed by atoms with Crippen LogP contribution in [0, 0.1) is 0 Å². The second-order valence-electron chi connectivity index (χ2n) is 4.15. The molecule has 106 valence electrons. The van der Waals surface area contributed by atoms with Gasteiger partial charge in [-0.25, -0.2) is 0 Å². The molecule has 5 heteroatoms. The number of methoxy groups -OCH3 is 1. The minimum Gasteiger partial charge on any atom is -0.495 e. The predicted molar refractivity (Wildman–Crippen MR) is 75.2 cm³/mol. The van der Waals surface area contributed by atoms with Crippen molar-refractivity contribution >= 4 is 11.6 Å². The Balaban J connectivity index is 2.53. The lowest BCUT2D eigenvalue weighted by atomic mass is 10.2. The zero-order valence-corrected chi connectivity index (χ0v) is 11.6. The zero-order chi connectivity index (χ0) is 14.1. The molecule has 1 aromatic rings. The van der Waals surface area contributed by atoms with E-state index in [1.165, 1.54) is 0 Å². The molecule has 1 aromatic carbocycles. The Kier molecular flexibility index (Phi) is 6.92. The summed E-state index contributed by atoms with van der Waals surface area (Å²) in [6.45, 7) is 3.59. The van der Waals surface area contributed by atoms with E-state index in [1.807, 2.05) is 19.1 Å². The number of hydrogen-bond donors (Lipinski definition) is 2. The third-order valence-electron chi connectivity index (χ3n) is 2.60. The molecule has 5 nitrogen and oxygen atoms in total. The van der Waals surface area contributed by atoms with E-state index >= 15 is 0 Å². The number of nitrogens with two attached hydrogens (primary N) is 1. The van der Waals surface area contributed by atoms with Gasteiger partial charge in [0.05, 0.1) is 25.8 Å². The van der Waals surface area contributed by atoms with Crippen LogP contribution in [-0.4, -0.2) is 26.2 Å². The van der Waals surface area contributed by atoms with E-state index in [0.717, 1.165) is 12.0 Å². The third-order valence-corrected chi connectivity index (χ3v) is 2.60. The van der Waals surface area contributed by atoms with Crippen molar-refractivity contribution in [2.75, 3.05) is 25.6 Å². The van der Waals surface area contributed by atoms with Crippen molar-refractivity contribution in [1.29, 1.82) is 0 Å². The van der Waals surface area contributed by atoms with Crippen molar-refractivity contribution in [2.45, 2.75) is 26.3 Å². The molecule has 0 saturated carbocycles. The highest BCUT2D eigenvalue weighted by Crippen LogP contribution is 2.25. The van der Waals surface area contributed by atoms with Gasteiger partial charge < -0.3 is 20.5 Å². The molecule has 0 atom stereocenters. The van der Waals surface area contributed by atoms with Crippen molar-refractivity contribution in [2.24, 2.45) is 5.73 Å². The van der Waals surface area contributed by atoms with Gasteiger partial charge in [0.15, 0.2) is 0 Å². The van der Waals surface area contributed by atoms with Crippen LogP contribution < -0.4 is 15.8 Å². The summed E-state index contributed by atoms with van der Waals surface area (Å²) in [6, 6.07) is 5.49. The highest BCUT2D eigenvalue weighted by atomic mass is 16.5. The maximum absolute atomic E-state index is 11.7. The molecule has 1 rings (SSSR count). The fraction of sp³-hybridized carbons (Fsp3) is 0.500. The molecule has 0 heterocycles. The molecule has 0 bridgehead atoms. The molecule has 0 spiro atoms. The Bertz CT molecular complexity index is 408. The first-order valence-corrected chi connectivity index (χ1v) is 6.45. The average Bonchev–Trinajstić information content (AvgIpc) is 2.44. The lowest BCUT2D eigenvalue weighted by Crippen LogP contribution is -2.15. The second kappa shape index (κ2) is 8.50. The Labute approximate surface area is 114 Å². The molecule has 3 N–H and O–H groups in total. The minimum atomic E-state index is -0.0881. The molecule has 0 aliphatic rings. The molecular weight excluding hydrogens is 244 g/mol. The molecule has 0 aliphatic heterocycles. The fourth-order valence-electron chi connectivity index (χ4n) is 1.59. The molecule has 0 aliphatic carbocycles. The molecule has 0 aromatic heterocycles. The number of hydrogen-bond acceptors (Lipinski definition) is 4. The number of carbonyl (C=O) groups excluding carboxylic acids is 1. The smallest absolute Gasteiger partial charge is 0.226 e. The van der Waals surface area contributed by atoms with E-state index < -0.39 is 0 Å². The lowest BCUT2D eigenvalue weighted by molar-refractivity contribution is -0.117. The summed E-state index contributed by atoms with van der Waals surface area (Å²) >= 11 is 0. The van der Waals surface area contributed by atoms with Crippen molar-refractivity contribution in [3.05, 3.63) is 23.8 Å². The van der Waals surface area contributed by atoms with Gasteiger partial charge in [-0.3, -0.25) is 4.79 Å². The maximum Gasteiger partial charge on any atom is 0.226 e. The Morgan fingerprint density at radius 3 is 2.79 bits per heavy atom. The van der Waals surface area contributed by atoms with Crippen LogP contribution in [0.15, 0.2) is 18.2 Å². The highest BCUT2D eigenvalue weighted by molar-refractivity contribution is 5.92. The summed E-state index contributed by atoms with van der Waals surface area (Å²) in [5.74, 6) is 0.528. The summed E-state index contributed by atoms with van der Waals surface area (Å²) in [5, 5.41) is 2.80. The summed E-state index contributed by atoms with van der Waals surface area (Å²) in [4.78, 5) is 11.7. The van der Waals surface area contributed by atoms with Crippen molar-refractivity contribution in [3.8, 4) is 5.75 Å². The molecule has 0 saturated heterocycles. The van der Waals surface area contributed by atoms with Crippen molar-refractivity contribution in [1.82, 2.24) is 0 Å². The number of benzene rings is 1. The van der Waals surface area contributed by atoms with E-state index in [1.54, 1.807) is 13.2 Å². The van der Waals surface area contributed by atoms with E-state index in [-0.39, 0.29) is 5.91 Å². The van der Waals surface area contributed by atoms with Gasteiger partial charge in [-0.05, 0) is 24.1 Å². The van der Waals surface area contributed by atoms with Gasteiger partial charge >= 0.3 is 0 Å². The predicted octanol–water partition coefficient (Wildman–Crippen LogP) is 1.91. The zero-order valence-electron chi connectivity index (χ0n) is 11.6. The first kappa shape index (κ1) is 15.5. The minimum absolute atomic E-state index is 0.0881. The van der Waals surface area contributed by atoms with E-state index in [0.29, 0.717) is 37.6 Å². The lowest BCUT2D eigenvalue weighted by Gasteiger charge is -2.11. The number of nitrogens with one attached hydrogen (secondary N) is 1. The van der Waals surface area contributed by atoms with Crippen molar-refractivity contribution < 1.29 is 14.3 Å². The Morgan fingerprint density at radius 2 is 2.16 bits per heavy atom. The number of amides is 1. The quantitative estimate of drug-likeness (QED) is 0.705. The highest BCUT2D eigenvalue weighted by Gasteiger charge is 2.08. The normalized spacial score (nSPS) is 10.3. The van der Waals surface area contributed by atoms with Crippen LogP contribution in [0.25, 0.3) is 0 Å². The van der Waals surface area contributed by atoms with Crippen LogP contribution in [0.5, 0.6) is 5.75 Å². The summed E-state index contributed by atoms with van der Waals surface area (Å²) < 4.78 is 10.5. The molecule has 1 amide bonds. The summed E-state index contributed by atoms with van der Waals surface area (Å²) in [5.41, 5.74) is 7.17. The summed E-state index contributed by atoms with van der Waals surface area (Å²) in [6.07, 6.45) is 1.29. The largest absolute Gasteiger partial charge is 0.495 e. The van der Waals surface area contributed by atoms with E-state index in [9.17, 15) is 4.79 Å². The first-order valence-electron chi connectivity index (χ1n) is 6.45. The SMILES string of the molecule is CCCOCCC(=O)Nc1ccc(CN)cc1OC. The van der Waals surface area contributed by atoms with Gasteiger partial charge in [0.2, 0.25) is 5.91 Å². The number of anilines is 1. The molecule has 0 unspecified atom stereocenters. The maximum atomic E-state index is 11.7. The Hall–Kier alpha value is -1.59. The topological polar surface area (TPSA) is 73.6 Å². The van der Waals surface area contributed by atoms with Gasteiger partial charge in [-0.2, -0.15) is 0 Å². The van der Waals surface area contributed by atoms with E-state index in [4.69, 9.17) is 15.2 Å². The summed E-state index contributed by atoms with van der Waals surface area (Å²) in [7, 11) is 1.57. The standard InChI is InChI=1S/C14H22N2O3/c1-3-7-19-8-6-14(17)16-12-5-4-11(10-15)9-13(12)18-2/h4-5,9H,3,6-8,10,15H2,1-2H3,(H,16,17). The second-order valence-corrected chi connectivity index (χ2v) is 4.15. The van der Waals surface area contributed by atoms with Crippen LogP contribution >= 0.6 is 0 Å². The number of ether oxygens (including phenoxy) is 2. The molecular formula is C14H22N2O3. The number of carbonyl (C=O) groups is 1. The van der Waals surface area contributed by atoms with Crippen LogP contribution in [0.1, 0.15) is 25.3 Å². The third kappa shape index (κ3) is 5.28. The van der Waals surface area contributed by atoms with Gasteiger partial charge in [0, 0.05) is 13.2 Å². The molecule has 19 heavy (non-hydrogen) atoms.